The fourth-order valence-corrected chi connectivity index (χ4v) is 4.30. The minimum Gasteiger partial charge on any atom is -0.493 e. The van der Waals surface area contributed by atoms with Crippen molar-refractivity contribution in [2.75, 3.05) is 14.2 Å². The zero-order chi connectivity index (χ0) is 18.3. The second-order valence-electron chi connectivity index (χ2n) is 7.20. The summed E-state index contributed by atoms with van der Waals surface area (Å²) in [5.74, 6) is 1.41. The lowest BCUT2D eigenvalue weighted by molar-refractivity contribution is 0.178. The van der Waals surface area contributed by atoms with Crippen LogP contribution in [0.3, 0.4) is 0 Å². The summed E-state index contributed by atoms with van der Waals surface area (Å²) in [6, 6.07) is 12.0. The van der Waals surface area contributed by atoms with E-state index in [0.29, 0.717) is 11.5 Å². The van der Waals surface area contributed by atoms with Crippen molar-refractivity contribution in [2.24, 2.45) is 5.41 Å². The quantitative estimate of drug-likeness (QED) is 0.854. The number of carboxylic acid groups (broad SMARTS) is 1. The van der Waals surface area contributed by atoms with Crippen molar-refractivity contribution in [3.05, 3.63) is 47.5 Å². The van der Waals surface area contributed by atoms with Gasteiger partial charge in [-0.15, -0.1) is 0 Å². The molecule has 0 bridgehead atoms. The van der Waals surface area contributed by atoms with Crippen LogP contribution < -0.4 is 14.8 Å². The summed E-state index contributed by atoms with van der Waals surface area (Å²) in [6.07, 6.45) is 3.26. The predicted octanol–water partition coefficient (Wildman–Crippen LogP) is 4.41. The van der Waals surface area contributed by atoms with Crippen molar-refractivity contribution in [1.29, 1.82) is 0 Å². The van der Waals surface area contributed by atoms with Gasteiger partial charge < -0.3 is 19.9 Å². The van der Waals surface area contributed by atoms with E-state index in [1.54, 1.807) is 14.2 Å². The second kappa shape index (κ2) is 6.24. The zero-order valence-corrected chi connectivity index (χ0v) is 15.0. The molecule has 0 radical (unpaired) electrons. The number of ether oxygens (including phenoxy) is 2. The number of rotatable bonds is 4. The molecule has 1 atom stereocenters. The molecule has 0 saturated heterocycles. The summed E-state index contributed by atoms with van der Waals surface area (Å²) < 4.78 is 11.0. The van der Waals surface area contributed by atoms with Gasteiger partial charge in [-0.25, -0.2) is 4.79 Å². The van der Waals surface area contributed by atoms with Gasteiger partial charge in [0.1, 0.15) is 0 Å². The van der Waals surface area contributed by atoms with E-state index in [-0.39, 0.29) is 11.5 Å². The van der Waals surface area contributed by atoms with Crippen LogP contribution in [0.15, 0.2) is 36.4 Å². The van der Waals surface area contributed by atoms with Gasteiger partial charge in [0, 0.05) is 5.56 Å². The molecule has 26 heavy (non-hydrogen) atoms. The lowest BCUT2D eigenvalue weighted by Crippen LogP contribution is -2.36. The zero-order valence-electron chi connectivity index (χ0n) is 15.0. The number of amides is 1. The molecule has 1 spiro atoms. The van der Waals surface area contributed by atoms with Crippen molar-refractivity contribution in [3.8, 4) is 22.6 Å². The molecular formula is C21H23NO4. The van der Waals surface area contributed by atoms with E-state index in [1.165, 1.54) is 5.56 Å². The Bertz CT molecular complexity index is 857. The normalized spacial score (nSPS) is 19.5. The van der Waals surface area contributed by atoms with Crippen LogP contribution in [0, 0.1) is 5.41 Å². The number of hydrogen-bond acceptors (Lipinski definition) is 3. The molecule has 1 fully saturated rings. The van der Waals surface area contributed by atoms with Crippen LogP contribution in [0.1, 0.15) is 36.4 Å². The van der Waals surface area contributed by atoms with Gasteiger partial charge in [0.15, 0.2) is 11.5 Å². The van der Waals surface area contributed by atoms with Crippen LogP contribution in [-0.2, 0) is 6.42 Å². The van der Waals surface area contributed by atoms with Gasteiger partial charge >= 0.3 is 6.09 Å². The van der Waals surface area contributed by atoms with Gasteiger partial charge in [0.05, 0.1) is 20.3 Å². The molecule has 5 nitrogen and oxygen atoms in total. The summed E-state index contributed by atoms with van der Waals surface area (Å²) in [5, 5.41) is 12.0. The van der Waals surface area contributed by atoms with Crippen LogP contribution in [0.25, 0.3) is 11.1 Å². The third-order valence-electron chi connectivity index (χ3n) is 5.83. The first-order chi connectivity index (χ1) is 12.6. The molecule has 1 amide bonds. The van der Waals surface area contributed by atoms with Crippen LogP contribution >= 0.6 is 0 Å². The van der Waals surface area contributed by atoms with Crippen molar-refractivity contribution < 1.29 is 19.4 Å². The van der Waals surface area contributed by atoms with E-state index < -0.39 is 6.09 Å². The van der Waals surface area contributed by atoms with Gasteiger partial charge in [-0.1, -0.05) is 30.3 Å². The van der Waals surface area contributed by atoms with Gasteiger partial charge in [0.2, 0.25) is 0 Å². The standard InChI is InChI=1S/C21H23NO4/c1-25-17-5-3-4-15(18(17)26-2)13-6-7-16-14(12-13)8-9-21(10-11-21)19(16)22-20(23)24/h3-7,12,19,22H,8-11H2,1-2H3,(H,23,24). The summed E-state index contributed by atoms with van der Waals surface area (Å²) >= 11 is 0. The molecule has 5 heteroatoms. The third-order valence-corrected chi connectivity index (χ3v) is 5.83. The van der Waals surface area contributed by atoms with E-state index in [9.17, 15) is 9.90 Å². The van der Waals surface area contributed by atoms with Gasteiger partial charge in [0.25, 0.3) is 0 Å². The van der Waals surface area contributed by atoms with E-state index >= 15 is 0 Å². The van der Waals surface area contributed by atoms with E-state index in [4.69, 9.17) is 9.47 Å². The Labute approximate surface area is 152 Å². The molecule has 4 rings (SSSR count). The summed E-state index contributed by atoms with van der Waals surface area (Å²) in [6.45, 7) is 0. The Balaban J connectivity index is 1.76. The van der Waals surface area contributed by atoms with Crippen molar-refractivity contribution in [1.82, 2.24) is 5.32 Å². The second-order valence-corrected chi connectivity index (χ2v) is 7.20. The summed E-state index contributed by atoms with van der Waals surface area (Å²) in [4.78, 5) is 11.3. The maximum atomic E-state index is 11.3. The smallest absolute Gasteiger partial charge is 0.405 e. The van der Waals surface area contributed by atoms with Crippen molar-refractivity contribution in [3.63, 3.8) is 0 Å². The summed E-state index contributed by atoms with van der Waals surface area (Å²) in [5.41, 5.74) is 4.48. The minimum atomic E-state index is -0.951. The highest BCUT2D eigenvalue weighted by Crippen LogP contribution is 2.61. The molecule has 2 N–H and O–H groups in total. The molecule has 0 aliphatic heterocycles. The molecule has 2 aromatic carbocycles. The van der Waals surface area contributed by atoms with Crippen molar-refractivity contribution >= 4 is 6.09 Å². The van der Waals surface area contributed by atoms with Crippen LogP contribution in [0.2, 0.25) is 0 Å². The monoisotopic (exact) mass is 353 g/mol. The molecule has 0 heterocycles. The average Bonchev–Trinajstić information content (AvgIpc) is 3.43. The molecule has 2 aliphatic carbocycles. The van der Waals surface area contributed by atoms with E-state index in [2.05, 4.69) is 17.4 Å². The first kappa shape index (κ1) is 16.8. The Morgan fingerprint density at radius 2 is 1.96 bits per heavy atom. The van der Waals surface area contributed by atoms with Crippen LogP contribution in [-0.4, -0.2) is 25.4 Å². The molecule has 2 aromatic rings. The number of benzene rings is 2. The number of carbonyl (C=O) groups is 1. The Kier molecular flexibility index (Phi) is 4.02. The average molecular weight is 353 g/mol. The third kappa shape index (κ3) is 2.68. The van der Waals surface area contributed by atoms with Gasteiger partial charge in [-0.05, 0) is 53.9 Å². The minimum absolute atomic E-state index is 0.106. The topological polar surface area (TPSA) is 67.8 Å². The number of fused-ring (bicyclic) bond motifs is 1. The van der Waals surface area contributed by atoms with E-state index in [1.807, 2.05) is 24.3 Å². The highest BCUT2D eigenvalue weighted by atomic mass is 16.5. The maximum absolute atomic E-state index is 11.3. The molecule has 2 aliphatic rings. The number of methoxy groups -OCH3 is 2. The largest absolute Gasteiger partial charge is 0.493 e. The maximum Gasteiger partial charge on any atom is 0.405 e. The molecule has 1 saturated carbocycles. The first-order valence-electron chi connectivity index (χ1n) is 8.91. The lowest BCUT2D eigenvalue weighted by atomic mass is 9.76. The SMILES string of the molecule is COc1cccc(-c2ccc3c(c2)CCC2(CC2)C3NC(=O)O)c1OC. The highest BCUT2D eigenvalue weighted by molar-refractivity contribution is 5.75. The number of para-hydroxylation sites is 1. The Morgan fingerprint density at radius 1 is 1.15 bits per heavy atom. The lowest BCUT2D eigenvalue weighted by Gasteiger charge is -2.34. The van der Waals surface area contributed by atoms with Gasteiger partial charge in [-0.3, -0.25) is 0 Å². The number of hydrogen-bond donors (Lipinski definition) is 2. The Hall–Kier alpha value is -2.69. The number of aryl methyl sites for hydroxylation is 1. The fraction of sp³-hybridized carbons (Fsp3) is 0.381. The van der Waals surface area contributed by atoms with Crippen LogP contribution in [0.5, 0.6) is 11.5 Å². The molecule has 0 aromatic heterocycles. The van der Waals surface area contributed by atoms with E-state index in [0.717, 1.165) is 42.4 Å². The summed E-state index contributed by atoms with van der Waals surface area (Å²) in [7, 11) is 3.27. The fourth-order valence-electron chi connectivity index (χ4n) is 4.30. The first-order valence-corrected chi connectivity index (χ1v) is 8.91. The highest BCUT2D eigenvalue weighted by Gasteiger charge is 2.52. The van der Waals surface area contributed by atoms with Crippen LogP contribution in [0.4, 0.5) is 4.79 Å². The Morgan fingerprint density at radius 3 is 2.62 bits per heavy atom. The molecular weight excluding hydrogens is 330 g/mol. The number of nitrogens with one attached hydrogen (secondary N) is 1. The molecule has 1 unspecified atom stereocenters. The molecule has 136 valence electrons. The van der Waals surface area contributed by atoms with Gasteiger partial charge in [-0.2, -0.15) is 0 Å². The predicted molar refractivity (Wildman–Crippen MR) is 98.9 cm³/mol. The van der Waals surface area contributed by atoms with Crippen molar-refractivity contribution in [2.45, 2.75) is 31.7 Å².